The molecule has 2 rings (SSSR count). The highest BCUT2D eigenvalue weighted by molar-refractivity contribution is 5.57. The molecular weight excluding hydrogens is 208 g/mol. The van der Waals surface area contributed by atoms with E-state index < -0.39 is 0 Å². The molecule has 0 bridgehead atoms. The van der Waals surface area contributed by atoms with E-state index in [1.54, 1.807) is 0 Å². The first kappa shape index (κ1) is 12.2. The van der Waals surface area contributed by atoms with Crippen molar-refractivity contribution in [2.75, 3.05) is 13.1 Å². The van der Waals surface area contributed by atoms with E-state index in [4.69, 9.17) is 0 Å². The molecule has 17 heavy (non-hydrogen) atoms. The predicted molar refractivity (Wildman–Crippen MR) is 73.4 cm³/mol. The SMILES string of the molecule is CCC(c1ccn2ccccc12)N(CC)CC. The largest absolute Gasteiger partial charge is 0.324 e. The van der Waals surface area contributed by atoms with E-state index in [1.165, 1.54) is 11.1 Å². The molecule has 2 heterocycles. The second kappa shape index (κ2) is 5.37. The van der Waals surface area contributed by atoms with Crippen molar-refractivity contribution in [2.24, 2.45) is 0 Å². The molecule has 0 radical (unpaired) electrons. The van der Waals surface area contributed by atoms with Crippen molar-refractivity contribution in [2.45, 2.75) is 33.2 Å². The van der Waals surface area contributed by atoms with Crippen LogP contribution >= 0.6 is 0 Å². The summed E-state index contributed by atoms with van der Waals surface area (Å²) in [5.74, 6) is 0. The smallest absolute Gasteiger partial charge is 0.0497 e. The van der Waals surface area contributed by atoms with Gasteiger partial charge >= 0.3 is 0 Å². The average molecular weight is 230 g/mol. The number of hydrogen-bond donors (Lipinski definition) is 0. The zero-order valence-electron chi connectivity index (χ0n) is 11.1. The van der Waals surface area contributed by atoms with Gasteiger partial charge in [0, 0.05) is 24.0 Å². The van der Waals surface area contributed by atoms with Crippen LogP contribution in [-0.2, 0) is 0 Å². The van der Waals surface area contributed by atoms with Crippen LogP contribution in [0.15, 0.2) is 36.7 Å². The summed E-state index contributed by atoms with van der Waals surface area (Å²) >= 11 is 0. The minimum Gasteiger partial charge on any atom is -0.324 e. The number of rotatable bonds is 5. The Morgan fingerprint density at radius 3 is 2.47 bits per heavy atom. The Morgan fingerprint density at radius 1 is 1.06 bits per heavy atom. The molecule has 1 atom stereocenters. The minimum atomic E-state index is 0.539. The molecule has 1 unspecified atom stereocenters. The summed E-state index contributed by atoms with van der Waals surface area (Å²) in [5.41, 5.74) is 2.79. The molecule has 2 aromatic heterocycles. The zero-order valence-corrected chi connectivity index (χ0v) is 11.1. The molecule has 0 aliphatic heterocycles. The fourth-order valence-corrected chi connectivity index (χ4v) is 2.70. The third-order valence-corrected chi connectivity index (χ3v) is 3.60. The van der Waals surface area contributed by atoms with Crippen LogP contribution in [0.4, 0.5) is 0 Å². The van der Waals surface area contributed by atoms with Gasteiger partial charge in [-0.25, -0.2) is 0 Å². The summed E-state index contributed by atoms with van der Waals surface area (Å²) in [7, 11) is 0. The van der Waals surface area contributed by atoms with Crippen LogP contribution in [-0.4, -0.2) is 22.4 Å². The molecule has 0 aliphatic rings. The molecule has 2 nitrogen and oxygen atoms in total. The number of aromatic nitrogens is 1. The molecule has 92 valence electrons. The molecule has 0 amide bonds. The van der Waals surface area contributed by atoms with Crippen molar-refractivity contribution in [1.29, 1.82) is 0 Å². The topological polar surface area (TPSA) is 7.65 Å². The maximum atomic E-state index is 2.53. The summed E-state index contributed by atoms with van der Waals surface area (Å²) in [5, 5.41) is 0. The van der Waals surface area contributed by atoms with Gasteiger partial charge in [0.2, 0.25) is 0 Å². The Bertz CT molecular complexity index is 468. The van der Waals surface area contributed by atoms with Gasteiger partial charge in [0.05, 0.1) is 0 Å². The second-order valence-corrected chi connectivity index (χ2v) is 4.41. The van der Waals surface area contributed by atoms with Crippen LogP contribution in [0, 0.1) is 0 Å². The number of hydrogen-bond acceptors (Lipinski definition) is 1. The summed E-state index contributed by atoms with van der Waals surface area (Å²) in [6, 6.07) is 9.21. The normalized spacial score (nSPS) is 13.4. The molecule has 0 saturated heterocycles. The molecule has 0 N–H and O–H groups in total. The van der Waals surface area contributed by atoms with Gasteiger partial charge in [-0.2, -0.15) is 0 Å². The highest BCUT2D eigenvalue weighted by Crippen LogP contribution is 2.28. The molecule has 0 aromatic carbocycles. The molecular formula is C15H22N2. The second-order valence-electron chi connectivity index (χ2n) is 4.41. The fraction of sp³-hybridized carbons (Fsp3) is 0.467. The van der Waals surface area contributed by atoms with E-state index >= 15 is 0 Å². The quantitative estimate of drug-likeness (QED) is 0.759. The van der Waals surface area contributed by atoms with Gasteiger partial charge in [0.25, 0.3) is 0 Å². The Morgan fingerprint density at radius 2 is 1.82 bits per heavy atom. The molecule has 2 aromatic rings. The maximum Gasteiger partial charge on any atom is 0.0497 e. The first-order chi connectivity index (χ1) is 8.31. The van der Waals surface area contributed by atoms with Crippen molar-refractivity contribution in [3.63, 3.8) is 0 Å². The third-order valence-electron chi connectivity index (χ3n) is 3.60. The Kier molecular flexibility index (Phi) is 3.85. The molecule has 0 saturated carbocycles. The van der Waals surface area contributed by atoms with Crippen molar-refractivity contribution in [3.8, 4) is 0 Å². The Balaban J connectivity index is 2.42. The van der Waals surface area contributed by atoms with E-state index in [1.807, 2.05) is 0 Å². The summed E-state index contributed by atoms with van der Waals surface area (Å²) in [4.78, 5) is 2.53. The van der Waals surface area contributed by atoms with Gasteiger partial charge < -0.3 is 4.40 Å². The first-order valence-corrected chi connectivity index (χ1v) is 6.61. The van der Waals surface area contributed by atoms with Crippen molar-refractivity contribution in [3.05, 3.63) is 42.2 Å². The number of fused-ring (bicyclic) bond motifs is 1. The highest BCUT2D eigenvalue weighted by atomic mass is 15.1. The van der Waals surface area contributed by atoms with Crippen LogP contribution in [0.5, 0.6) is 0 Å². The zero-order chi connectivity index (χ0) is 12.3. The predicted octanol–water partition coefficient (Wildman–Crippen LogP) is 3.73. The van der Waals surface area contributed by atoms with E-state index in [0.29, 0.717) is 6.04 Å². The average Bonchev–Trinajstić information content (AvgIpc) is 2.79. The molecule has 0 spiro atoms. The van der Waals surface area contributed by atoms with Crippen LogP contribution in [0.1, 0.15) is 38.8 Å². The maximum absolute atomic E-state index is 2.53. The first-order valence-electron chi connectivity index (χ1n) is 6.61. The lowest BCUT2D eigenvalue weighted by molar-refractivity contribution is 0.215. The third kappa shape index (κ3) is 2.22. The standard InChI is InChI=1S/C15H22N2/c1-4-14(16(5-2)6-3)13-10-12-17-11-8-7-9-15(13)17/h7-12,14H,4-6H2,1-3H3. The van der Waals surface area contributed by atoms with E-state index in [0.717, 1.165) is 19.5 Å². The van der Waals surface area contributed by atoms with Crippen LogP contribution < -0.4 is 0 Å². The van der Waals surface area contributed by atoms with Gasteiger partial charge in [-0.1, -0.05) is 26.8 Å². The fourth-order valence-electron chi connectivity index (χ4n) is 2.70. The van der Waals surface area contributed by atoms with Gasteiger partial charge in [-0.15, -0.1) is 0 Å². The lowest BCUT2D eigenvalue weighted by Crippen LogP contribution is -2.27. The number of nitrogens with zero attached hydrogens (tertiary/aromatic N) is 2. The van der Waals surface area contributed by atoms with E-state index in [2.05, 4.69) is 66.7 Å². The van der Waals surface area contributed by atoms with Gasteiger partial charge in [-0.05, 0) is 43.3 Å². The van der Waals surface area contributed by atoms with E-state index in [9.17, 15) is 0 Å². The molecule has 0 aliphatic carbocycles. The van der Waals surface area contributed by atoms with Gasteiger partial charge in [-0.3, -0.25) is 4.90 Å². The summed E-state index contributed by atoms with van der Waals surface area (Å²) < 4.78 is 2.21. The van der Waals surface area contributed by atoms with Crippen molar-refractivity contribution in [1.82, 2.24) is 9.30 Å². The van der Waals surface area contributed by atoms with Crippen LogP contribution in [0.2, 0.25) is 0 Å². The summed E-state index contributed by atoms with van der Waals surface area (Å²) in [6.45, 7) is 8.97. The van der Waals surface area contributed by atoms with Crippen LogP contribution in [0.3, 0.4) is 0 Å². The Labute approximate surface area is 104 Å². The Hall–Kier alpha value is -1.28. The van der Waals surface area contributed by atoms with Gasteiger partial charge in [0.1, 0.15) is 0 Å². The lowest BCUT2D eigenvalue weighted by Gasteiger charge is -2.28. The van der Waals surface area contributed by atoms with Gasteiger partial charge in [0.15, 0.2) is 0 Å². The molecule has 2 heteroatoms. The lowest BCUT2D eigenvalue weighted by atomic mass is 10.0. The van der Waals surface area contributed by atoms with E-state index in [-0.39, 0.29) is 0 Å². The summed E-state index contributed by atoms with van der Waals surface area (Å²) in [6.07, 6.45) is 5.45. The molecule has 0 fully saturated rings. The van der Waals surface area contributed by atoms with Crippen LogP contribution in [0.25, 0.3) is 5.52 Å². The minimum absolute atomic E-state index is 0.539. The monoisotopic (exact) mass is 230 g/mol. The van der Waals surface area contributed by atoms with Crippen molar-refractivity contribution < 1.29 is 0 Å². The van der Waals surface area contributed by atoms with Crippen molar-refractivity contribution >= 4 is 5.52 Å². The number of pyridine rings is 1. The highest BCUT2D eigenvalue weighted by Gasteiger charge is 2.18.